The molecule has 5 heteroatoms. The van der Waals surface area contributed by atoms with Gasteiger partial charge in [-0.25, -0.2) is 4.79 Å². The average Bonchev–Trinajstić information content (AvgIpc) is 2.78. The number of nitrogens with zero attached hydrogens (tertiary/aromatic N) is 1. The van der Waals surface area contributed by atoms with E-state index in [4.69, 9.17) is 10.8 Å². The fourth-order valence-corrected chi connectivity index (χ4v) is 2.28. The van der Waals surface area contributed by atoms with E-state index in [1.165, 1.54) is 0 Å². The summed E-state index contributed by atoms with van der Waals surface area (Å²) in [6, 6.07) is 4.28. The maximum Gasteiger partial charge on any atom is 0.335 e. The van der Waals surface area contributed by atoms with Crippen molar-refractivity contribution in [2.24, 2.45) is 11.1 Å². The summed E-state index contributed by atoms with van der Waals surface area (Å²) in [7, 11) is 0. The smallest absolute Gasteiger partial charge is 0.335 e. The van der Waals surface area contributed by atoms with Crippen molar-refractivity contribution < 1.29 is 14.7 Å². The minimum absolute atomic E-state index is 0.154. The Kier molecular flexibility index (Phi) is 3.56. The maximum absolute atomic E-state index is 12.5. The van der Waals surface area contributed by atoms with E-state index in [-0.39, 0.29) is 16.9 Å². The van der Waals surface area contributed by atoms with Crippen molar-refractivity contribution in [1.29, 1.82) is 0 Å². The minimum atomic E-state index is -0.993. The highest BCUT2D eigenvalue weighted by Gasteiger charge is 2.34. The number of aromatic carboxylic acids is 1. The zero-order chi connectivity index (χ0) is 15.1. The summed E-state index contributed by atoms with van der Waals surface area (Å²) >= 11 is 0. The Labute approximate surface area is 118 Å². The van der Waals surface area contributed by atoms with Gasteiger partial charge in [-0.1, -0.05) is 26.8 Å². The molecule has 0 saturated carbocycles. The van der Waals surface area contributed by atoms with Crippen LogP contribution in [-0.2, 0) is 11.2 Å². The number of hydrogen-bond donors (Lipinski definition) is 2. The molecule has 0 spiro atoms. The molecule has 1 amide bonds. The SMILES string of the molecule is CC(C)(C)[C@H](N)C(=O)N1CCc2ccc(C(=O)O)cc21. The Bertz CT molecular complexity index is 561. The number of carbonyl (C=O) groups is 2. The molecule has 0 saturated heterocycles. The lowest BCUT2D eigenvalue weighted by Crippen LogP contribution is -2.50. The molecule has 1 aromatic rings. The zero-order valence-electron chi connectivity index (χ0n) is 12.0. The van der Waals surface area contributed by atoms with Crippen LogP contribution in [0.25, 0.3) is 0 Å². The van der Waals surface area contributed by atoms with E-state index in [2.05, 4.69) is 0 Å². The van der Waals surface area contributed by atoms with E-state index >= 15 is 0 Å². The van der Waals surface area contributed by atoms with Crippen molar-refractivity contribution in [3.05, 3.63) is 29.3 Å². The Morgan fingerprint density at radius 3 is 2.55 bits per heavy atom. The number of carboxylic acids is 1. The quantitative estimate of drug-likeness (QED) is 0.860. The van der Waals surface area contributed by atoms with Gasteiger partial charge >= 0.3 is 5.97 Å². The van der Waals surface area contributed by atoms with Gasteiger partial charge in [-0.2, -0.15) is 0 Å². The van der Waals surface area contributed by atoms with Crippen LogP contribution in [0.15, 0.2) is 18.2 Å². The molecule has 0 unspecified atom stereocenters. The van der Waals surface area contributed by atoms with Gasteiger partial charge in [0.2, 0.25) is 5.91 Å². The topological polar surface area (TPSA) is 83.6 Å². The van der Waals surface area contributed by atoms with Crippen LogP contribution >= 0.6 is 0 Å². The van der Waals surface area contributed by atoms with Crippen LogP contribution in [0.5, 0.6) is 0 Å². The monoisotopic (exact) mass is 276 g/mol. The van der Waals surface area contributed by atoms with E-state index in [9.17, 15) is 9.59 Å². The van der Waals surface area contributed by atoms with Gasteiger partial charge in [-0.05, 0) is 29.5 Å². The summed E-state index contributed by atoms with van der Waals surface area (Å²) in [5, 5.41) is 9.05. The van der Waals surface area contributed by atoms with Crippen molar-refractivity contribution >= 4 is 17.6 Å². The number of anilines is 1. The van der Waals surface area contributed by atoms with E-state index in [0.29, 0.717) is 12.2 Å². The Balaban J connectivity index is 2.33. The number of fused-ring (bicyclic) bond motifs is 1. The molecular formula is C15H20N2O3. The zero-order valence-corrected chi connectivity index (χ0v) is 12.0. The standard InChI is InChI=1S/C15H20N2O3/c1-15(2,3)12(16)13(18)17-7-6-9-4-5-10(14(19)20)8-11(9)17/h4-5,8,12H,6-7,16H2,1-3H3,(H,19,20)/t12-/m1/s1. The lowest BCUT2D eigenvalue weighted by Gasteiger charge is -2.30. The van der Waals surface area contributed by atoms with Crippen molar-refractivity contribution in [2.75, 3.05) is 11.4 Å². The molecule has 5 nitrogen and oxygen atoms in total. The highest BCUT2D eigenvalue weighted by Crippen LogP contribution is 2.31. The molecule has 0 aliphatic carbocycles. The molecule has 20 heavy (non-hydrogen) atoms. The van der Waals surface area contributed by atoms with Crippen LogP contribution < -0.4 is 10.6 Å². The van der Waals surface area contributed by atoms with Crippen LogP contribution in [0.3, 0.4) is 0 Å². The molecule has 0 aromatic heterocycles. The van der Waals surface area contributed by atoms with Gasteiger partial charge < -0.3 is 15.7 Å². The fourth-order valence-electron chi connectivity index (χ4n) is 2.28. The third-order valence-corrected chi connectivity index (χ3v) is 3.69. The molecule has 1 aliphatic heterocycles. The lowest BCUT2D eigenvalue weighted by atomic mass is 9.86. The molecule has 1 aliphatic rings. The summed E-state index contributed by atoms with van der Waals surface area (Å²) in [5.41, 5.74) is 7.55. The molecule has 2 rings (SSSR count). The molecule has 1 heterocycles. The molecular weight excluding hydrogens is 256 g/mol. The first-order valence-electron chi connectivity index (χ1n) is 6.65. The Morgan fingerprint density at radius 2 is 2.00 bits per heavy atom. The number of benzene rings is 1. The minimum Gasteiger partial charge on any atom is -0.478 e. The number of nitrogens with two attached hydrogens (primary N) is 1. The van der Waals surface area contributed by atoms with Gasteiger partial charge in [0.05, 0.1) is 11.6 Å². The predicted molar refractivity (Wildman–Crippen MR) is 76.9 cm³/mol. The van der Waals surface area contributed by atoms with E-state index in [0.717, 1.165) is 12.0 Å². The number of carbonyl (C=O) groups excluding carboxylic acids is 1. The molecule has 0 fully saturated rings. The number of rotatable bonds is 2. The molecule has 0 radical (unpaired) electrons. The van der Waals surface area contributed by atoms with Crippen LogP contribution in [-0.4, -0.2) is 29.6 Å². The van der Waals surface area contributed by atoms with E-state index < -0.39 is 12.0 Å². The van der Waals surface area contributed by atoms with Crippen LogP contribution in [0, 0.1) is 5.41 Å². The van der Waals surface area contributed by atoms with E-state index in [1.54, 1.807) is 23.1 Å². The van der Waals surface area contributed by atoms with Crippen LogP contribution in [0.2, 0.25) is 0 Å². The van der Waals surface area contributed by atoms with Gasteiger partial charge in [0, 0.05) is 12.2 Å². The number of amides is 1. The number of hydrogen-bond acceptors (Lipinski definition) is 3. The van der Waals surface area contributed by atoms with Crippen molar-refractivity contribution in [3.63, 3.8) is 0 Å². The summed E-state index contributed by atoms with van der Waals surface area (Å²) in [4.78, 5) is 25.1. The summed E-state index contributed by atoms with van der Waals surface area (Å²) in [6.07, 6.45) is 0.734. The highest BCUT2D eigenvalue weighted by atomic mass is 16.4. The molecule has 3 N–H and O–H groups in total. The summed E-state index contributed by atoms with van der Waals surface area (Å²) in [5.74, 6) is -1.15. The van der Waals surface area contributed by atoms with Gasteiger partial charge in [0.1, 0.15) is 0 Å². The third-order valence-electron chi connectivity index (χ3n) is 3.69. The Morgan fingerprint density at radius 1 is 1.35 bits per heavy atom. The molecule has 0 bridgehead atoms. The second kappa shape index (κ2) is 4.90. The second-order valence-corrected chi connectivity index (χ2v) is 6.23. The van der Waals surface area contributed by atoms with Crippen molar-refractivity contribution in [1.82, 2.24) is 0 Å². The average molecular weight is 276 g/mol. The third kappa shape index (κ3) is 2.54. The summed E-state index contributed by atoms with van der Waals surface area (Å²) in [6.45, 7) is 6.31. The van der Waals surface area contributed by atoms with Crippen LogP contribution in [0.4, 0.5) is 5.69 Å². The maximum atomic E-state index is 12.5. The van der Waals surface area contributed by atoms with Crippen molar-refractivity contribution in [3.8, 4) is 0 Å². The van der Waals surface area contributed by atoms with Gasteiger partial charge in [0.25, 0.3) is 0 Å². The van der Waals surface area contributed by atoms with Crippen LogP contribution in [0.1, 0.15) is 36.7 Å². The predicted octanol–water partition coefficient (Wildman–Crippen LogP) is 1.65. The molecule has 1 aromatic carbocycles. The summed E-state index contributed by atoms with van der Waals surface area (Å²) < 4.78 is 0. The lowest BCUT2D eigenvalue weighted by molar-refractivity contribution is -0.121. The largest absolute Gasteiger partial charge is 0.478 e. The Hall–Kier alpha value is -1.88. The van der Waals surface area contributed by atoms with Gasteiger partial charge in [-0.15, -0.1) is 0 Å². The first kappa shape index (κ1) is 14.5. The van der Waals surface area contributed by atoms with Crippen molar-refractivity contribution in [2.45, 2.75) is 33.2 Å². The molecule has 108 valence electrons. The number of carboxylic acid groups (broad SMARTS) is 1. The second-order valence-electron chi connectivity index (χ2n) is 6.23. The first-order valence-corrected chi connectivity index (χ1v) is 6.65. The fraction of sp³-hybridized carbons (Fsp3) is 0.467. The van der Waals surface area contributed by atoms with Gasteiger partial charge in [-0.3, -0.25) is 4.79 Å². The normalized spacial score (nSPS) is 15.9. The molecule has 1 atom stereocenters. The first-order chi connectivity index (χ1) is 9.21. The van der Waals surface area contributed by atoms with E-state index in [1.807, 2.05) is 20.8 Å². The van der Waals surface area contributed by atoms with Gasteiger partial charge in [0.15, 0.2) is 0 Å². The highest BCUT2D eigenvalue weighted by molar-refractivity contribution is 6.00.